The van der Waals surface area contributed by atoms with E-state index in [1.165, 1.54) is 0 Å². The first-order valence-electron chi connectivity index (χ1n) is 4.57. The average molecular weight is 213 g/mol. The fraction of sp³-hybridized carbons (Fsp3) is 0.750. The van der Waals surface area contributed by atoms with Crippen LogP contribution in [0.1, 0.15) is 12.8 Å². The Kier molecular flexibility index (Phi) is 3.63. The molecule has 0 amide bonds. The van der Waals surface area contributed by atoms with Crippen molar-refractivity contribution in [3.8, 4) is 6.07 Å². The summed E-state index contributed by atoms with van der Waals surface area (Å²) in [5.74, 6) is 0.0442. The molecule has 0 aliphatic carbocycles. The first kappa shape index (κ1) is 11.2. The number of nitriles is 1. The van der Waals surface area contributed by atoms with E-state index in [9.17, 15) is 0 Å². The highest BCUT2D eigenvalue weighted by Crippen LogP contribution is 2.19. The highest BCUT2D eigenvalue weighted by atomic mass is 32.1. The molecule has 0 bridgehead atoms. The summed E-state index contributed by atoms with van der Waals surface area (Å²) in [4.78, 5) is 0. The Balaban J connectivity index is 2.67. The SMILES string of the molecule is N#CC(N)(NC(N)=S)C1CCCNC1. The second-order valence-corrected chi connectivity index (χ2v) is 3.95. The Morgan fingerprint density at radius 1 is 1.71 bits per heavy atom. The van der Waals surface area contributed by atoms with Crippen LogP contribution in [0.3, 0.4) is 0 Å². The lowest BCUT2D eigenvalue weighted by Gasteiger charge is -2.35. The zero-order valence-corrected chi connectivity index (χ0v) is 8.73. The van der Waals surface area contributed by atoms with Crippen LogP contribution in [-0.4, -0.2) is 23.9 Å². The van der Waals surface area contributed by atoms with Crippen LogP contribution in [0.15, 0.2) is 0 Å². The Labute approximate surface area is 88.8 Å². The predicted octanol–water partition coefficient (Wildman–Crippen LogP) is -1.00. The third-order valence-electron chi connectivity index (χ3n) is 2.46. The van der Waals surface area contributed by atoms with Gasteiger partial charge in [0.05, 0.1) is 0 Å². The van der Waals surface area contributed by atoms with Crippen molar-refractivity contribution in [1.82, 2.24) is 10.6 Å². The van der Waals surface area contributed by atoms with Crippen LogP contribution < -0.4 is 22.1 Å². The van der Waals surface area contributed by atoms with Gasteiger partial charge in [-0.05, 0) is 31.6 Å². The Bertz CT molecular complexity index is 255. The predicted molar refractivity (Wildman–Crippen MR) is 58.0 cm³/mol. The van der Waals surface area contributed by atoms with Gasteiger partial charge in [0.2, 0.25) is 0 Å². The molecule has 0 aromatic carbocycles. The van der Waals surface area contributed by atoms with Crippen molar-refractivity contribution in [3.63, 3.8) is 0 Å². The molecular weight excluding hydrogens is 198 g/mol. The Morgan fingerprint density at radius 2 is 2.43 bits per heavy atom. The lowest BCUT2D eigenvalue weighted by atomic mass is 9.87. The van der Waals surface area contributed by atoms with Crippen molar-refractivity contribution < 1.29 is 0 Å². The van der Waals surface area contributed by atoms with E-state index in [1.54, 1.807) is 0 Å². The molecule has 2 atom stereocenters. The second-order valence-electron chi connectivity index (χ2n) is 3.51. The highest BCUT2D eigenvalue weighted by molar-refractivity contribution is 7.80. The maximum Gasteiger partial charge on any atom is 0.181 e. The minimum Gasteiger partial charge on any atom is -0.376 e. The van der Waals surface area contributed by atoms with Gasteiger partial charge in [-0.1, -0.05) is 0 Å². The van der Waals surface area contributed by atoms with E-state index in [2.05, 4.69) is 10.6 Å². The second kappa shape index (κ2) is 4.55. The van der Waals surface area contributed by atoms with Crippen molar-refractivity contribution in [3.05, 3.63) is 0 Å². The summed E-state index contributed by atoms with van der Waals surface area (Å²) in [7, 11) is 0. The lowest BCUT2D eigenvalue weighted by Crippen LogP contribution is -2.63. The molecule has 0 saturated carbocycles. The lowest BCUT2D eigenvalue weighted by molar-refractivity contribution is 0.255. The number of nitrogens with one attached hydrogen (secondary N) is 2. The zero-order valence-electron chi connectivity index (χ0n) is 7.92. The molecule has 5 nitrogen and oxygen atoms in total. The third-order valence-corrected chi connectivity index (χ3v) is 2.56. The first-order chi connectivity index (χ1) is 6.58. The molecule has 1 fully saturated rings. The van der Waals surface area contributed by atoms with E-state index >= 15 is 0 Å². The molecule has 1 aliphatic rings. The van der Waals surface area contributed by atoms with Gasteiger partial charge in [-0.25, -0.2) is 0 Å². The smallest absolute Gasteiger partial charge is 0.181 e. The van der Waals surface area contributed by atoms with Gasteiger partial charge in [0, 0.05) is 12.5 Å². The Morgan fingerprint density at radius 3 is 2.86 bits per heavy atom. The molecule has 1 heterocycles. The normalized spacial score (nSPS) is 25.9. The maximum absolute atomic E-state index is 9.01. The molecule has 6 N–H and O–H groups in total. The van der Waals surface area contributed by atoms with Crippen molar-refractivity contribution in [2.45, 2.75) is 18.5 Å². The number of nitrogens with zero attached hydrogens (tertiary/aromatic N) is 1. The average Bonchev–Trinajstić information content (AvgIpc) is 2.18. The number of nitrogens with two attached hydrogens (primary N) is 2. The standard InChI is InChI=1S/C8H15N5S/c9-5-8(11,13-7(10)14)6-2-1-3-12-4-6/h6,12H,1-4,11H2,(H3,10,13,14). The molecule has 0 aromatic rings. The molecule has 78 valence electrons. The van der Waals surface area contributed by atoms with E-state index in [0.29, 0.717) is 0 Å². The van der Waals surface area contributed by atoms with Gasteiger partial charge >= 0.3 is 0 Å². The molecule has 14 heavy (non-hydrogen) atoms. The topological polar surface area (TPSA) is 99.9 Å². The maximum atomic E-state index is 9.01. The number of hydrogen-bond acceptors (Lipinski definition) is 4. The van der Waals surface area contributed by atoms with Gasteiger partial charge in [0.15, 0.2) is 10.8 Å². The van der Waals surface area contributed by atoms with Crippen molar-refractivity contribution in [1.29, 1.82) is 5.26 Å². The van der Waals surface area contributed by atoms with Gasteiger partial charge in [0.1, 0.15) is 6.07 Å². The number of piperidine rings is 1. The molecule has 1 saturated heterocycles. The largest absolute Gasteiger partial charge is 0.376 e. The van der Waals surface area contributed by atoms with Crippen LogP contribution in [0, 0.1) is 17.2 Å². The van der Waals surface area contributed by atoms with E-state index in [-0.39, 0.29) is 11.0 Å². The van der Waals surface area contributed by atoms with Crippen LogP contribution in [0.5, 0.6) is 0 Å². The molecule has 0 aromatic heterocycles. The van der Waals surface area contributed by atoms with Gasteiger partial charge in [-0.2, -0.15) is 5.26 Å². The van der Waals surface area contributed by atoms with Crippen molar-refractivity contribution >= 4 is 17.3 Å². The molecule has 1 aliphatic heterocycles. The highest BCUT2D eigenvalue weighted by Gasteiger charge is 2.36. The van der Waals surface area contributed by atoms with Gasteiger partial charge in [0.25, 0.3) is 0 Å². The fourth-order valence-electron chi connectivity index (χ4n) is 1.67. The summed E-state index contributed by atoms with van der Waals surface area (Å²) in [6, 6.07) is 2.04. The van der Waals surface area contributed by atoms with Crippen molar-refractivity contribution in [2.24, 2.45) is 17.4 Å². The van der Waals surface area contributed by atoms with E-state index in [1.807, 2.05) is 6.07 Å². The van der Waals surface area contributed by atoms with Crippen LogP contribution in [0.25, 0.3) is 0 Å². The van der Waals surface area contributed by atoms with Crippen LogP contribution >= 0.6 is 12.2 Å². The quantitative estimate of drug-likeness (QED) is 0.347. The number of rotatable bonds is 2. The summed E-state index contributed by atoms with van der Waals surface area (Å²) < 4.78 is 0. The summed E-state index contributed by atoms with van der Waals surface area (Å²) in [6.07, 6.45) is 1.93. The van der Waals surface area contributed by atoms with E-state index in [4.69, 9.17) is 28.9 Å². The summed E-state index contributed by atoms with van der Waals surface area (Å²) >= 11 is 4.69. The zero-order chi connectivity index (χ0) is 10.6. The summed E-state index contributed by atoms with van der Waals surface area (Å²) in [5.41, 5.74) is 10.1. The van der Waals surface area contributed by atoms with Crippen LogP contribution in [0.4, 0.5) is 0 Å². The number of thiocarbonyl (C=S) groups is 1. The van der Waals surface area contributed by atoms with Gasteiger partial charge in [-0.3, -0.25) is 5.73 Å². The molecule has 6 heteroatoms. The minimum atomic E-state index is -1.14. The summed E-state index contributed by atoms with van der Waals surface area (Å²) in [6.45, 7) is 1.70. The monoisotopic (exact) mass is 213 g/mol. The van der Waals surface area contributed by atoms with Gasteiger partial charge < -0.3 is 16.4 Å². The minimum absolute atomic E-state index is 0.0442. The molecular formula is C8H15N5S. The summed E-state index contributed by atoms with van der Waals surface area (Å²) in [5, 5.41) is 14.9. The first-order valence-corrected chi connectivity index (χ1v) is 4.98. The van der Waals surface area contributed by atoms with E-state index in [0.717, 1.165) is 25.9 Å². The van der Waals surface area contributed by atoms with Crippen molar-refractivity contribution in [2.75, 3.05) is 13.1 Å². The molecule has 0 radical (unpaired) electrons. The fourth-order valence-corrected chi connectivity index (χ4v) is 1.83. The van der Waals surface area contributed by atoms with Crippen LogP contribution in [-0.2, 0) is 0 Å². The molecule has 2 unspecified atom stereocenters. The van der Waals surface area contributed by atoms with Gasteiger partial charge in [-0.15, -0.1) is 0 Å². The molecule has 0 spiro atoms. The van der Waals surface area contributed by atoms with E-state index < -0.39 is 5.66 Å². The Hall–Kier alpha value is -0.900. The third kappa shape index (κ3) is 2.54. The number of hydrogen-bond donors (Lipinski definition) is 4. The van der Waals surface area contributed by atoms with Crippen LogP contribution in [0.2, 0.25) is 0 Å². The molecule has 1 rings (SSSR count).